The van der Waals surface area contributed by atoms with E-state index in [4.69, 9.17) is 4.74 Å². The van der Waals surface area contributed by atoms with Gasteiger partial charge in [-0.2, -0.15) is 4.57 Å². The molecule has 3 nitrogen and oxygen atoms in total. The first-order valence-electron chi connectivity index (χ1n) is 12.3. The predicted molar refractivity (Wildman–Crippen MR) is 153 cm³/mol. The van der Waals surface area contributed by atoms with Crippen LogP contribution in [0.15, 0.2) is 119 Å². The van der Waals surface area contributed by atoms with E-state index < -0.39 is 0 Å². The van der Waals surface area contributed by atoms with Crippen LogP contribution in [0.25, 0.3) is 21.9 Å². The van der Waals surface area contributed by atoms with Crippen LogP contribution in [0.2, 0.25) is 0 Å². The molecule has 0 unspecified atom stereocenters. The van der Waals surface area contributed by atoms with Gasteiger partial charge in [0.2, 0.25) is 5.52 Å². The molecule has 0 bridgehead atoms. The number of thiazole rings is 1. The molecule has 0 aliphatic carbocycles. The summed E-state index contributed by atoms with van der Waals surface area (Å²) < 4.78 is 10.1. The molecule has 1 aromatic heterocycles. The fourth-order valence-corrected chi connectivity index (χ4v) is 7.03. The third kappa shape index (κ3) is 4.29. The summed E-state index contributed by atoms with van der Waals surface area (Å²) in [6.45, 7) is 6.20. The zero-order valence-corrected chi connectivity index (χ0v) is 22.0. The second-order valence-electron chi connectivity index (χ2n) is 8.61. The highest BCUT2D eigenvalue weighted by Crippen LogP contribution is 2.46. The lowest BCUT2D eigenvalue weighted by Gasteiger charge is -2.20. The van der Waals surface area contributed by atoms with Gasteiger partial charge in [0, 0.05) is 23.6 Å². The number of para-hydroxylation sites is 2. The number of hydrogen-bond acceptors (Lipinski definition) is 4. The summed E-state index contributed by atoms with van der Waals surface area (Å²) in [7, 11) is 0. The van der Waals surface area contributed by atoms with Crippen LogP contribution in [0.4, 0.5) is 5.69 Å². The van der Waals surface area contributed by atoms with Gasteiger partial charge in [-0.15, -0.1) is 0 Å². The number of fused-ring (bicyclic) bond motifs is 2. The van der Waals surface area contributed by atoms with E-state index >= 15 is 0 Å². The van der Waals surface area contributed by atoms with Crippen LogP contribution in [-0.2, 0) is 11.3 Å². The SMILES string of the molecule is CCN1C(=CC2=CC(c3ccccc3)=CC(=Cc3sc4ccccc4[n+]3CC)O2)Sc2ccccc21. The monoisotopic (exact) mass is 507 g/mol. The number of nitrogens with zero attached hydrogens (tertiary/aromatic N) is 2. The standard InChI is InChI=1S/C31H27N2OS2/c1-3-32-26-14-8-10-16-28(26)35-30(32)20-24-18-23(22-12-6-5-7-13-22)19-25(34-24)21-31-33(4-2)27-15-9-11-17-29(27)36-31/h5-21H,3-4H2,1-2H3/q+1. The van der Waals surface area contributed by atoms with Crippen molar-refractivity contribution in [1.82, 2.24) is 0 Å². The third-order valence-electron chi connectivity index (χ3n) is 6.38. The number of ether oxygens (including phenoxy) is 1. The van der Waals surface area contributed by atoms with Gasteiger partial charge < -0.3 is 9.64 Å². The van der Waals surface area contributed by atoms with E-state index in [2.05, 4.69) is 126 Å². The number of allylic oxidation sites excluding steroid dienone is 4. The second kappa shape index (κ2) is 9.84. The first-order chi connectivity index (χ1) is 17.7. The third-order valence-corrected chi connectivity index (χ3v) is 8.60. The average Bonchev–Trinajstić information content (AvgIpc) is 3.45. The molecule has 0 fully saturated rings. The maximum atomic E-state index is 6.51. The summed E-state index contributed by atoms with van der Waals surface area (Å²) in [5.41, 5.74) is 4.85. The van der Waals surface area contributed by atoms with Crippen LogP contribution in [0.5, 0.6) is 0 Å². The zero-order chi connectivity index (χ0) is 24.5. The number of hydrogen-bond donors (Lipinski definition) is 0. The van der Waals surface area contributed by atoms with Crippen molar-refractivity contribution in [2.45, 2.75) is 25.3 Å². The molecule has 0 spiro atoms. The van der Waals surface area contributed by atoms with Gasteiger partial charge in [-0.3, -0.25) is 0 Å². The van der Waals surface area contributed by atoms with E-state index in [9.17, 15) is 0 Å². The fraction of sp³-hybridized carbons (Fsp3) is 0.129. The Bertz CT molecular complexity index is 1560. The van der Waals surface area contributed by atoms with Crippen LogP contribution >= 0.6 is 23.1 Å². The van der Waals surface area contributed by atoms with Crippen LogP contribution in [0.3, 0.4) is 0 Å². The molecule has 5 heteroatoms. The lowest BCUT2D eigenvalue weighted by molar-refractivity contribution is -0.665. The summed E-state index contributed by atoms with van der Waals surface area (Å²) in [5, 5.41) is 2.37. The second-order valence-corrected chi connectivity index (χ2v) is 10.7. The van der Waals surface area contributed by atoms with Crippen molar-refractivity contribution in [2.75, 3.05) is 11.4 Å². The summed E-state index contributed by atoms with van der Waals surface area (Å²) in [6.07, 6.45) is 8.65. The van der Waals surface area contributed by atoms with Gasteiger partial charge >= 0.3 is 0 Å². The van der Waals surface area contributed by atoms with Crippen LogP contribution in [-0.4, -0.2) is 6.54 Å². The Kier molecular flexibility index (Phi) is 6.26. The molecule has 0 N–H and O–H groups in total. The minimum atomic E-state index is 0.848. The van der Waals surface area contributed by atoms with E-state index in [1.807, 2.05) is 0 Å². The van der Waals surface area contributed by atoms with Gasteiger partial charge in [0.1, 0.15) is 22.8 Å². The summed E-state index contributed by atoms with van der Waals surface area (Å²) in [4.78, 5) is 3.64. The Labute approximate surface area is 220 Å². The highest BCUT2D eigenvalue weighted by molar-refractivity contribution is 8.03. The smallest absolute Gasteiger partial charge is 0.266 e. The summed E-state index contributed by atoms with van der Waals surface area (Å²) >= 11 is 3.60. The van der Waals surface area contributed by atoms with E-state index in [-0.39, 0.29) is 0 Å². The van der Waals surface area contributed by atoms with Crippen molar-refractivity contribution in [3.63, 3.8) is 0 Å². The van der Waals surface area contributed by atoms with Crippen molar-refractivity contribution in [3.05, 3.63) is 124 Å². The molecule has 36 heavy (non-hydrogen) atoms. The fourth-order valence-electron chi connectivity index (χ4n) is 4.70. The molecule has 0 saturated carbocycles. The van der Waals surface area contributed by atoms with Crippen molar-refractivity contribution >= 4 is 50.7 Å². The molecule has 3 aromatic carbocycles. The molecular weight excluding hydrogens is 480 g/mol. The first kappa shape index (κ1) is 22.9. The topological polar surface area (TPSA) is 16.4 Å². The summed E-state index contributed by atoms with van der Waals surface area (Å²) in [5.74, 6) is 1.70. The highest BCUT2D eigenvalue weighted by atomic mass is 32.2. The van der Waals surface area contributed by atoms with Crippen molar-refractivity contribution in [2.24, 2.45) is 0 Å². The number of rotatable bonds is 5. The molecule has 2 aliphatic heterocycles. The van der Waals surface area contributed by atoms with Crippen LogP contribution in [0, 0.1) is 0 Å². The molecule has 178 valence electrons. The minimum Gasteiger partial charge on any atom is -0.457 e. The van der Waals surface area contributed by atoms with Crippen molar-refractivity contribution in [3.8, 4) is 0 Å². The Morgan fingerprint density at radius 3 is 2.47 bits per heavy atom. The first-order valence-corrected chi connectivity index (χ1v) is 13.9. The van der Waals surface area contributed by atoms with E-state index in [1.165, 1.54) is 36.4 Å². The number of anilines is 1. The maximum absolute atomic E-state index is 6.51. The maximum Gasteiger partial charge on any atom is 0.266 e. The van der Waals surface area contributed by atoms with Crippen molar-refractivity contribution < 1.29 is 9.30 Å². The van der Waals surface area contributed by atoms with Gasteiger partial charge in [-0.25, -0.2) is 0 Å². The highest BCUT2D eigenvalue weighted by Gasteiger charge is 2.25. The van der Waals surface area contributed by atoms with E-state index in [0.717, 1.165) is 30.2 Å². The van der Waals surface area contributed by atoms with Gasteiger partial charge in [0.25, 0.3) is 5.01 Å². The Morgan fingerprint density at radius 1 is 0.861 bits per heavy atom. The van der Waals surface area contributed by atoms with Crippen LogP contribution < -0.4 is 9.47 Å². The lowest BCUT2D eigenvalue weighted by Crippen LogP contribution is -2.33. The number of benzene rings is 3. The number of thioether (sulfide) groups is 1. The summed E-state index contributed by atoms with van der Waals surface area (Å²) in [6, 6.07) is 27.7. The zero-order valence-electron chi connectivity index (χ0n) is 20.3. The van der Waals surface area contributed by atoms with Gasteiger partial charge in [0.15, 0.2) is 0 Å². The van der Waals surface area contributed by atoms with Crippen molar-refractivity contribution in [1.29, 1.82) is 0 Å². The molecule has 4 aromatic rings. The molecule has 3 heterocycles. The van der Waals surface area contributed by atoms with Crippen LogP contribution in [0.1, 0.15) is 24.4 Å². The quantitative estimate of drug-likeness (QED) is 0.255. The Balaban J connectivity index is 1.42. The Hall–Kier alpha value is -3.54. The lowest BCUT2D eigenvalue weighted by atomic mass is 10.0. The Morgan fingerprint density at radius 2 is 1.64 bits per heavy atom. The molecule has 0 radical (unpaired) electrons. The molecule has 0 atom stereocenters. The minimum absolute atomic E-state index is 0.848. The predicted octanol–water partition coefficient (Wildman–Crippen LogP) is 8.02. The molecule has 0 saturated heterocycles. The molecule has 0 amide bonds. The largest absolute Gasteiger partial charge is 0.457 e. The molecule has 2 aliphatic rings. The van der Waals surface area contributed by atoms with E-state index in [0.29, 0.717) is 0 Å². The number of aryl methyl sites for hydroxylation is 1. The van der Waals surface area contributed by atoms with Gasteiger partial charge in [-0.05, 0) is 55.3 Å². The van der Waals surface area contributed by atoms with Gasteiger partial charge in [-0.1, -0.05) is 77.7 Å². The van der Waals surface area contributed by atoms with Gasteiger partial charge in [0.05, 0.1) is 16.8 Å². The molecular formula is C31H27N2OS2+. The number of aromatic nitrogens is 1. The molecule has 6 rings (SSSR count). The average molecular weight is 508 g/mol. The normalized spacial score (nSPS) is 17.3. The van der Waals surface area contributed by atoms with E-state index in [1.54, 1.807) is 23.1 Å².